The zero-order valence-electron chi connectivity index (χ0n) is 13.0. The molecular weight excluding hydrogens is 320 g/mol. The van der Waals surface area contributed by atoms with E-state index in [1.807, 2.05) is 0 Å². The van der Waals surface area contributed by atoms with E-state index >= 15 is 0 Å². The zero-order valence-corrected chi connectivity index (χ0v) is 13.0. The first-order valence-corrected chi connectivity index (χ1v) is 7.25. The first-order chi connectivity index (χ1) is 11.3. The number of hydrogen-bond acceptors (Lipinski definition) is 5. The molecule has 0 radical (unpaired) electrons. The molecule has 8 heteroatoms. The highest BCUT2D eigenvalue weighted by Gasteiger charge is 2.25. The predicted octanol–water partition coefficient (Wildman–Crippen LogP) is 1.44. The highest BCUT2D eigenvalue weighted by atomic mass is 19.1. The van der Waals surface area contributed by atoms with Crippen LogP contribution in [0.4, 0.5) is 8.78 Å². The molecule has 0 spiro atoms. The molecule has 0 bridgehead atoms. The maximum Gasteiger partial charge on any atom is 0.344 e. The number of benzene rings is 1. The Kier molecular flexibility index (Phi) is 5.28. The highest BCUT2D eigenvalue weighted by molar-refractivity contribution is 6.19. The molecule has 1 aromatic rings. The quantitative estimate of drug-likeness (QED) is 0.268. The number of hydrogen-bond donors (Lipinski definition) is 2. The molecule has 2 rings (SSSR count). The second-order valence-corrected chi connectivity index (χ2v) is 5.40. The number of ether oxygens (including phenoxy) is 1. The van der Waals surface area contributed by atoms with E-state index < -0.39 is 35.6 Å². The van der Waals surface area contributed by atoms with Gasteiger partial charge in [0.25, 0.3) is 0 Å². The number of Topliss-reactive ketones (excluding diaryl/α,β-unsaturated/α-hetero) is 1. The number of amidine groups is 1. The van der Waals surface area contributed by atoms with E-state index in [0.717, 1.165) is 31.0 Å². The summed E-state index contributed by atoms with van der Waals surface area (Å²) in [4.78, 5) is 28.0. The van der Waals surface area contributed by atoms with Crippen molar-refractivity contribution in [3.63, 3.8) is 0 Å². The van der Waals surface area contributed by atoms with Gasteiger partial charge in [-0.15, -0.1) is 0 Å². The lowest BCUT2D eigenvalue weighted by molar-refractivity contribution is -0.137. The van der Waals surface area contributed by atoms with Crippen molar-refractivity contribution >= 4 is 17.6 Å². The number of esters is 1. The SMILES string of the molecule is C/C(N)=C(\C(=O)OCC(=O)c1c(F)cccc1F)C(N)=NC1CC1. The van der Waals surface area contributed by atoms with E-state index in [1.54, 1.807) is 0 Å². The van der Waals surface area contributed by atoms with Crippen LogP contribution in [0.1, 0.15) is 30.1 Å². The van der Waals surface area contributed by atoms with Crippen molar-refractivity contribution < 1.29 is 23.1 Å². The number of halogens is 2. The second kappa shape index (κ2) is 7.20. The Morgan fingerprint density at radius 2 is 1.83 bits per heavy atom. The molecule has 0 aliphatic heterocycles. The Hall–Kier alpha value is -2.77. The minimum atomic E-state index is -1.03. The normalized spacial score (nSPS) is 15.7. The van der Waals surface area contributed by atoms with E-state index in [0.29, 0.717) is 0 Å². The zero-order chi connectivity index (χ0) is 17.9. The number of nitrogens with zero attached hydrogens (tertiary/aromatic N) is 1. The summed E-state index contributed by atoms with van der Waals surface area (Å²) in [5.74, 6) is -4.12. The Bertz CT molecular complexity index is 716. The molecule has 4 N–H and O–H groups in total. The molecule has 1 aliphatic carbocycles. The monoisotopic (exact) mass is 337 g/mol. The van der Waals surface area contributed by atoms with Gasteiger partial charge in [0.1, 0.15) is 23.0 Å². The van der Waals surface area contributed by atoms with Gasteiger partial charge in [0.05, 0.1) is 11.6 Å². The molecule has 0 unspecified atom stereocenters. The van der Waals surface area contributed by atoms with Crippen LogP contribution in [-0.2, 0) is 9.53 Å². The van der Waals surface area contributed by atoms with Crippen molar-refractivity contribution in [3.05, 3.63) is 46.7 Å². The fourth-order valence-corrected chi connectivity index (χ4v) is 1.97. The van der Waals surface area contributed by atoms with Crippen LogP contribution in [0.2, 0.25) is 0 Å². The lowest BCUT2D eigenvalue weighted by Crippen LogP contribution is -2.28. The summed E-state index contributed by atoms with van der Waals surface area (Å²) in [5, 5.41) is 0. The molecule has 1 fully saturated rings. The first-order valence-electron chi connectivity index (χ1n) is 7.25. The molecule has 1 aromatic carbocycles. The summed E-state index contributed by atoms with van der Waals surface area (Å²) < 4.78 is 31.8. The van der Waals surface area contributed by atoms with Gasteiger partial charge >= 0.3 is 5.97 Å². The number of nitrogens with two attached hydrogens (primary N) is 2. The summed E-state index contributed by atoms with van der Waals surface area (Å²) in [6.45, 7) is 0.592. The average molecular weight is 337 g/mol. The standard InChI is InChI=1S/C16H17F2N3O3/c1-8(19)13(15(20)21-9-5-6-9)16(23)24-7-12(22)14-10(17)3-2-4-11(14)18/h2-4,9H,5-7,19H2,1H3,(H2,20,21)/b13-8+. The number of carbonyl (C=O) groups excluding carboxylic acids is 2. The van der Waals surface area contributed by atoms with E-state index in [9.17, 15) is 18.4 Å². The van der Waals surface area contributed by atoms with Crippen LogP contribution in [0, 0.1) is 11.6 Å². The van der Waals surface area contributed by atoms with Gasteiger partial charge in [-0.25, -0.2) is 13.6 Å². The number of rotatable bonds is 6. The van der Waals surface area contributed by atoms with Crippen molar-refractivity contribution in [3.8, 4) is 0 Å². The van der Waals surface area contributed by atoms with Gasteiger partial charge in [0, 0.05) is 5.70 Å². The first kappa shape index (κ1) is 17.6. The van der Waals surface area contributed by atoms with Gasteiger partial charge in [0.2, 0.25) is 5.78 Å². The number of carbonyl (C=O) groups is 2. The van der Waals surface area contributed by atoms with Gasteiger partial charge in [-0.3, -0.25) is 9.79 Å². The Morgan fingerprint density at radius 1 is 1.25 bits per heavy atom. The van der Waals surface area contributed by atoms with Crippen molar-refractivity contribution in [1.29, 1.82) is 0 Å². The minimum absolute atomic E-state index is 0.0568. The summed E-state index contributed by atoms with van der Waals surface area (Å²) in [6, 6.07) is 3.06. The molecular formula is C16H17F2N3O3. The Labute approximate surface area is 137 Å². The van der Waals surface area contributed by atoms with Crippen LogP contribution in [-0.4, -0.2) is 30.2 Å². The largest absolute Gasteiger partial charge is 0.454 e. The fourth-order valence-electron chi connectivity index (χ4n) is 1.97. The minimum Gasteiger partial charge on any atom is -0.454 e. The summed E-state index contributed by atoms with van der Waals surface area (Å²) >= 11 is 0. The Balaban J connectivity index is 2.08. The van der Waals surface area contributed by atoms with Gasteiger partial charge in [0.15, 0.2) is 6.61 Å². The maximum atomic E-state index is 13.5. The number of allylic oxidation sites excluding steroid dienone is 1. The van der Waals surface area contributed by atoms with Crippen molar-refractivity contribution in [2.45, 2.75) is 25.8 Å². The van der Waals surface area contributed by atoms with Gasteiger partial charge in [-0.1, -0.05) is 6.07 Å². The molecule has 1 aliphatic rings. The second-order valence-electron chi connectivity index (χ2n) is 5.40. The highest BCUT2D eigenvalue weighted by Crippen LogP contribution is 2.24. The van der Waals surface area contributed by atoms with Crippen LogP contribution < -0.4 is 11.5 Å². The summed E-state index contributed by atoms with van der Waals surface area (Å²) in [6.07, 6.45) is 1.75. The van der Waals surface area contributed by atoms with E-state index in [-0.39, 0.29) is 23.1 Å². The van der Waals surface area contributed by atoms with Crippen molar-refractivity contribution in [2.24, 2.45) is 16.5 Å². The fraction of sp³-hybridized carbons (Fsp3) is 0.312. The van der Waals surface area contributed by atoms with Crippen molar-refractivity contribution in [1.82, 2.24) is 0 Å². The lowest BCUT2D eigenvalue weighted by atomic mass is 10.1. The molecule has 6 nitrogen and oxygen atoms in total. The predicted molar refractivity (Wildman–Crippen MR) is 83.2 cm³/mol. The molecule has 0 saturated heterocycles. The van der Waals surface area contributed by atoms with Crippen LogP contribution in [0.15, 0.2) is 34.5 Å². The van der Waals surface area contributed by atoms with Crippen LogP contribution in [0.3, 0.4) is 0 Å². The third-order valence-electron chi connectivity index (χ3n) is 3.30. The smallest absolute Gasteiger partial charge is 0.344 e. The Morgan fingerprint density at radius 3 is 2.33 bits per heavy atom. The lowest BCUT2D eigenvalue weighted by Gasteiger charge is -2.10. The third kappa shape index (κ3) is 4.15. The topological polar surface area (TPSA) is 108 Å². The molecule has 0 heterocycles. The van der Waals surface area contributed by atoms with Crippen LogP contribution in [0.25, 0.3) is 0 Å². The number of aliphatic imine (C=N–C) groups is 1. The van der Waals surface area contributed by atoms with Gasteiger partial charge in [-0.2, -0.15) is 0 Å². The molecule has 128 valence electrons. The molecule has 1 saturated carbocycles. The van der Waals surface area contributed by atoms with E-state index in [2.05, 4.69) is 4.99 Å². The molecule has 0 atom stereocenters. The van der Waals surface area contributed by atoms with E-state index in [1.165, 1.54) is 6.92 Å². The van der Waals surface area contributed by atoms with Crippen LogP contribution >= 0.6 is 0 Å². The maximum absolute atomic E-state index is 13.5. The third-order valence-corrected chi connectivity index (χ3v) is 3.30. The number of ketones is 1. The molecule has 0 aromatic heterocycles. The summed E-state index contributed by atoms with van der Waals surface area (Å²) in [7, 11) is 0. The van der Waals surface area contributed by atoms with E-state index in [4.69, 9.17) is 16.2 Å². The van der Waals surface area contributed by atoms with Gasteiger partial charge < -0.3 is 16.2 Å². The van der Waals surface area contributed by atoms with Gasteiger partial charge in [-0.05, 0) is 31.9 Å². The van der Waals surface area contributed by atoms with Crippen molar-refractivity contribution in [2.75, 3.05) is 6.61 Å². The molecule has 24 heavy (non-hydrogen) atoms. The van der Waals surface area contributed by atoms with Crippen LogP contribution in [0.5, 0.6) is 0 Å². The molecule has 0 amide bonds. The average Bonchev–Trinajstić information content (AvgIpc) is 3.28. The summed E-state index contributed by atoms with van der Waals surface area (Å²) in [5.41, 5.74) is 10.5.